The summed E-state index contributed by atoms with van der Waals surface area (Å²) >= 11 is 5.97. The summed E-state index contributed by atoms with van der Waals surface area (Å²) in [5.74, 6) is -2.21. The number of hydrogen-bond donors (Lipinski definition) is 2. The monoisotopic (exact) mass is 566 g/mol. The average Bonchev–Trinajstić information content (AvgIpc) is 2.99. The molecule has 0 radical (unpaired) electrons. The Balaban J connectivity index is 1.52. The maximum absolute atomic E-state index is 13.6. The molecule has 204 valence electrons. The second-order valence-corrected chi connectivity index (χ2v) is 9.88. The van der Waals surface area contributed by atoms with Crippen LogP contribution in [0.25, 0.3) is 22.3 Å². The highest BCUT2D eigenvalue weighted by Crippen LogP contribution is 2.25. The molecule has 2 N–H and O–H groups in total. The van der Waals surface area contributed by atoms with Crippen molar-refractivity contribution in [3.8, 4) is 22.3 Å². The van der Waals surface area contributed by atoms with Crippen LogP contribution < -0.4 is 10.9 Å². The van der Waals surface area contributed by atoms with Gasteiger partial charge in [-0.1, -0.05) is 78.3 Å². The molecule has 0 aliphatic heterocycles. The summed E-state index contributed by atoms with van der Waals surface area (Å²) in [6.07, 6.45) is 1.40. The number of carboxylic acids is 1. The zero-order chi connectivity index (χ0) is 28.9. The zero-order valence-electron chi connectivity index (χ0n) is 21.6. The third-order valence-electron chi connectivity index (χ3n) is 6.69. The molecular formula is C33H24ClFN2O4. The summed E-state index contributed by atoms with van der Waals surface area (Å²) in [5, 5.41) is 13.3. The van der Waals surface area contributed by atoms with Crippen molar-refractivity contribution >= 4 is 29.2 Å². The topological polar surface area (TPSA) is 88.4 Å². The van der Waals surface area contributed by atoms with Gasteiger partial charge in [-0.3, -0.25) is 14.2 Å². The molecule has 0 saturated carbocycles. The molecule has 5 aromatic rings. The summed E-state index contributed by atoms with van der Waals surface area (Å²) in [5.41, 5.74) is 3.07. The fourth-order valence-electron chi connectivity index (χ4n) is 4.51. The lowest BCUT2D eigenvalue weighted by Gasteiger charge is -2.19. The first-order valence-electron chi connectivity index (χ1n) is 12.7. The Morgan fingerprint density at radius 3 is 2.02 bits per heavy atom. The molecule has 1 aromatic heterocycles. The number of amides is 1. The van der Waals surface area contributed by atoms with E-state index in [1.54, 1.807) is 36.4 Å². The van der Waals surface area contributed by atoms with Crippen LogP contribution in [0.5, 0.6) is 0 Å². The molecule has 8 heteroatoms. The van der Waals surface area contributed by atoms with Crippen LogP contribution in [0.15, 0.2) is 120 Å². The fraction of sp³-hybridized carbons (Fsp3) is 0.0606. The molecule has 4 aromatic carbocycles. The van der Waals surface area contributed by atoms with Gasteiger partial charge in [0.15, 0.2) is 0 Å². The number of hydrogen-bond acceptors (Lipinski definition) is 3. The van der Waals surface area contributed by atoms with Crippen LogP contribution >= 0.6 is 11.6 Å². The number of benzene rings is 4. The predicted molar refractivity (Wildman–Crippen MR) is 158 cm³/mol. The van der Waals surface area contributed by atoms with E-state index in [9.17, 15) is 23.9 Å². The van der Waals surface area contributed by atoms with Gasteiger partial charge in [-0.25, -0.2) is 9.18 Å². The van der Waals surface area contributed by atoms with Gasteiger partial charge >= 0.3 is 5.97 Å². The Morgan fingerprint density at radius 1 is 0.805 bits per heavy atom. The van der Waals surface area contributed by atoms with E-state index in [0.29, 0.717) is 27.3 Å². The first kappa shape index (κ1) is 27.6. The molecule has 0 bridgehead atoms. The van der Waals surface area contributed by atoms with Gasteiger partial charge in [-0.2, -0.15) is 0 Å². The summed E-state index contributed by atoms with van der Waals surface area (Å²) in [4.78, 5) is 39.2. The summed E-state index contributed by atoms with van der Waals surface area (Å²) in [6, 6.07) is 29.0. The van der Waals surface area contributed by atoms with E-state index in [1.165, 1.54) is 36.5 Å². The lowest BCUT2D eigenvalue weighted by Crippen LogP contribution is -2.33. The van der Waals surface area contributed by atoms with Gasteiger partial charge in [-0.05, 0) is 64.7 Å². The van der Waals surface area contributed by atoms with Crippen LogP contribution in [-0.2, 0) is 11.2 Å². The maximum Gasteiger partial charge on any atom is 0.327 e. The predicted octanol–water partition coefficient (Wildman–Crippen LogP) is 7.10. The number of nitrogens with zero attached hydrogens (tertiary/aromatic N) is 1. The van der Waals surface area contributed by atoms with Crippen LogP contribution in [0.2, 0.25) is 5.02 Å². The Bertz CT molecular complexity index is 1750. The molecule has 0 aliphatic rings. The third kappa shape index (κ3) is 6.42. The Hall–Kier alpha value is -5.01. The van der Waals surface area contributed by atoms with Crippen molar-refractivity contribution in [2.24, 2.45) is 0 Å². The van der Waals surface area contributed by atoms with Crippen molar-refractivity contribution < 1.29 is 19.1 Å². The number of carbonyl (C=O) groups excluding carboxylic acids is 1. The molecule has 5 rings (SSSR count). The van der Waals surface area contributed by atoms with E-state index in [2.05, 4.69) is 5.32 Å². The van der Waals surface area contributed by atoms with Gasteiger partial charge in [0.2, 0.25) is 0 Å². The molecule has 1 atom stereocenters. The van der Waals surface area contributed by atoms with Gasteiger partial charge in [0.05, 0.1) is 0 Å². The first-order valence-corrected chi connectivity index (χ1v) is 13.1. The quantitative estimate of drug-likeness (QED) is 0.210. The largest absolute Gasteiger partial charge is 0.480 e. The van der Waals surface area contributed by atoms with E-state index in [0.717, 1.165) is 15.7 Å². The molecule has 41 heavy (non-hydrogen) atoms. The molecule has 0 saturated heterocycles. The number of halogens is 2. The van der Waals surface area contributed by atoms with Gasteiger partial charge in [0, 0.05) is 28.8 Å². The molecule has 0 aliphatic carbocycles. The lowest BCUT2D eigenvalue weighted by atomic mass is 10.0. The Labute approximate surface area is 240 Å². The van der Waals surface area contributed by atoms with Crippen LogP contribution in [-0.4, -0.2) is 21.6 Å². The van der Waals surface area contributed by atoms with Crippen LogP contribution in [0, 0.1) is 5.82 Å². The molecule has 0 spiro atoms. The minimum atomic E-state index is -1.29. The second kappa shape index (κ2) is 12.0. The fourth-order valence-corrected chi connectivity index (χ4v) is 4.64. The van der Waals surface area contributed by atoms with Gasteiger partial charge in [0.25, 0.3) is 11.5 Å². The zero-order valence-corrected chi connectivity index (χ0v) is 22.4. The van der Waals surface area contributed by atoms with Crippen molar-refractivity contribution in [1.82, 2.24) is 4.57 Å². The summed E-state index contributed by atoms with van der Waals surface area (Å²) in [7, 11) is 0. The van der Waals surface area contributed by atoms with Crippen molar-refractivity contribution in [2.75, 3.05) is 5.32 Å². The van der Waals surface area contributed by atoms with E-state index < -0.39 is 29.3 Å². The standard InChI is InChI=1S/C33H24ClFN2O4/c34-27-14-6-21(7-15-27)18-30(33(40)41)37-20-26(24-12-16-28(35)17-13-24)19-29(32(37)39)36-31(38)25-10-8-23(9-11-25)22-4-2-1-3-5-22/h1-17,19-20,30H,18H2,(H,36,38)(H,40,41). The van der Waals surface area contributed by atoms with E-state index >= 15 is 0 Å². The molecule has 0 fully saturated rings. The summed E-state index contributed by atoms with van der Waals surface area (Å²) < 4.78 is 14.7. The Kier molecular flexibility index (Phi) is 8.08. The SMILES string of the molecule is O=C(Nc1cc(-c2ccc(F)cc2)cn(C(Cc2ccc(Cl)cc2)C(=O)O)c1=O)c1ccc(-c2ccccc2)cc1. The first-order chi connectivity index (χ1) is 19.8. The number of carboxylic acid groups (broad SMARTS) is 1. The van der Waals surface area contributed by atoms with Crippen molar-refractivity contribution in [3.63, 3.8) is 0 Å². The van der Waals surface area contributed by atoms with E-state index in [4.69, 9.17) is 11.6 Å². The Morgan fingerprint density at radius 2 is 1.39 bits per heavy atom. The van der Waals surface area contributed by atoms with Gasteiger partial charge < -0.3 is 10.4 Å². The number of aromatic nitrogens is 1. The molecule has 1 heterocycles. The smallest absolute Gasteiger partial charge is 0.327 e. The van der Waals surface area contributed by atoms with E-state index in [1.807, 2.05) is 42.5 Å². The molecular weight excluding hydrogens is 543 g/mol. The number of carbonyl (C=O) groups is 2. The number of pyridine rings is 1. The molecule has 1 amide bonds. The lowest BCUT2D eigenvalue weighted by molar-refractivity contribution is -0.141. The molecule has 1 unspecified atom stereocenters. The van der Waals surface area contributed by atoms with Gasteiger partial charge in [-0.15, -0.1) is 0 Å². The van der Waals surface area contributed by atoms with Gasteiger partial charge in [0.1, 0.15) is 17.5 Å². The van der Waals surface area contributed by atoms with E-state index in [-0.39, 0.29) is 12.1 Å². The number of nitrogens with one attached hydrogen (secondary N) is 1. The normalized spacial score (nSPS) is 11.6. The second-order valence-electron chi connectivity index (χ2n) is 9.44. The van der Waals surface area contributed by atoms with Crippen LogP contribution in [0.3, 0.4) is 0 Å². The number of anilines is 1. The summed E-state index contributed by atoms with van der Waals surface area (Å²) in [6.45, 7) is 0. The highest BCUT2D eigenvalue weighted by Gasteiger charge is 2.24. The molecule has 6 nitrogen and oxygen atoms in total. The van der Waals surface area contributed by atoms with Crippen LogP contribution in [0.1, 0.15) is 22.0 Å². The minimum absolute atomic E-state index is 0.00633. The third-order valence-corrected chi connectivity index (χ3v) is 6.94. The van der Waals surface area contributed by atoms with Crippen molar-refractivity contribution in [2.45, 2.75) is 12.5 Å². The van der Waals surface area contributed by atoms with Crippen molar-refractivity contribution in [1.29, 1.82) is 0 Å². The van der Waals surface area contributed by atoms with Crippen molar-refractivity contribution in [3.05, 3.63) is 148 Å². The highest BCUT2D eigenvalue weighted by atomic mass is 35.5. The minimum Gasteiger partial charge on any atom is -0.480 e. The number of rotatable bonds is 8. The highest BCUT2D eigenvalue weighted by molar-refractivity contribution is 6.30. The average molecular weight is 567 g/mol. The van der Waals surface area contributed by atoms with Crippen LogP contribution in [0.4, 0.5) is 10.1 Å². The maximum atomic E-state index is 13.6. The number of aliphatic carboxylic acids is 1.